The normalized spacial score (nSPS) is 18.7. The first-order chi connectivity index (χ1) is 20.3. The third kappa shape index (κ3) is 6.45. The van der Waals surface area contributed by atoms with Crippen LogP contribution >= 0.6 is 0 Å². The molecule has 1 amide bonds. The lowest BCUT2D eigenvalue weighted by Crippen LogP contribution is -2.53. The standard InChI is InChI=1S/C34H33FN2O4S/c1-25-10-20-31(21-11-25)42(39,40)37-22-6-9-32(28-14-18-30(41-2)19-15-28)36(24-27-12-16-29(35)17-13-27)34(38)33(37)23-26-7-4-3-5-8-26/h3-21,32-33H,22-24H2,1-2H3/b9-6-/t32?,33-/m0/s1. The Kier molecular flexibility index (Phi) is 8.85. The Hall–Kier alpha value is -4.27. The molecule has 2 atom stereocenters. The van der Waals surface area contributed by atoms with E-state index in [1.807, 2.05) is 73.7 Å². The van der Waals surface area contributed by atoms with Crippen LogP contribution in [0, 0.1) is 12.7 Å². The van der Waals surface area contributed by atoms with Crippen LogP contribution in [0.15, 0.2) is 120 Å². The van der Waals surface area contributed by atoms with Gasteiger partial charge in [0.25, 0.3) is 0 Å². The van der Waals surface area contributed by atoms with Gasteiger partial charge in [0, 0.05) is 13.1 Å². The number of sulfonamides is 1. The summed E-state index contributed by atoms with van der Waals surface area (Å²) in [6, 6.07) is 28.0. The van der Waals surface area contributed by atoms with Gasteiger partial charge < -0.3 is 9.64 Å². The van der Waals surface area contributed by atoms with Gasteiger partial charge in [0.05, 0.1) is 18.0 Å². The molecule has 1 aliphatic rings. The first-order valence-corrected chi connectivity index (χ1v) is 15.2. The van der Waals surface area contributed by atoms with Crippen molar-refractivity contribution in [3.05, 3.63) is 143 Å². The van der Waals surface area contributed by atoms with E-state index in [0.29, 0.717) is 5.75 Å². The number of amides is 1. The number of aryl methyl sites for hydroxylation is 1. The topological polar surface area (TPSA) is 66.9 Å². The van der Waals surface area contributed by atoms with Crippen LogP contribution in [0.1, 0.15) is 28.3 Å². The number of benzene rings is 4. The lowest BCUT2D eigenvalue weighted by Gasteiger charge is -2.39. The van der Waals surface area contributed by atoms with Gasteiger partial charge in [0.2, 0.25) is 15.9 Å². The highest BCUT2D eigenvalue weighted by Gasteiger charge is 2.40. The molecule has 0 spiro atoms. The lowest BCUT2D eigenvalue weighted by molar-refractivity contribution is -0.137. The van der Waals surface area contributed by atoms with Gasteiger partial charge >= 0.3 is 0 Å². The largest absolute Gasteiger partial charge is 0.497 e. The highest BCUT2D eigenvalue weighted by Crippen LogP contribution is 2.32. The van der Waals surface area contributed by atoms with Crippen molar-refractivity contribution in [3.63, 3.8) is 0 Å². The van der Waals surface area contributed by atoms with Crippen LogP contribution in [0.2, 0.25) is 0 Å². The van der Waals surface area contributed by atoms with Crippen molar-refractivity contribution in [3.8, 4) is 5.75 Å². The second-order valence-electron chi connectivity index (χ2n) is 10.3. The van der Waals surface area contributed by atoms with Crippen molar-refractivity contribution in [1.29, 1.82) is 0 Å². The fraction of sp³-hybridized carbons (Fsp3) is 0.206. The molecule has 5 rings (SSSR count). The summed E-state index contributed by atoms with van der Waals surface area (Å²) in [5.74, 6) is -0.0343. The molecule has 0 aromatic heterocycles. The summed E-state index contributed by atoms with van der Waals surface area (Å²) in [7, 11) is -2.46. The van der Waals surface area contributed by atoms with Crippen LogP contribution in [0.5, 0.6) is 5.75 Å². The summed E-state index contributed by atoms with van der Waals surface area (Å²) in [6.45, 7) is 2.07. The number of nitrogens with zero attached hydrogens (tertiary/aromatic N) is 2. The first-order valence-electron chi connectivity index (χ1n) is 13.7. The van der Waals surface area contributed by atoms with E-state index in [1.165, 1.54) is 16.4 Å². The number of hydrogen-bond donors (Lipinski definition) is 0. The second-order valence-corrected chi connectivity index (χ2v) is 12.2. The SMILES string of the molecule is COc1ccc(C2/C=C\CN(S(=O)(=O)c3ccc(C)cc3)[C@@H](Cc3ccccc3)C(=O)N2Cc2ccc(F)cc2)cc1. The van der Waals surface area contributed by atoms with Gasteiger partial charge in [0.1, 0.15) is 17.6 Å². The number of hydrogen-bond acceptors (Lipinski definition) is 4. The van der Waals surface area contributed by atoms with E-state index in [2.05, 4.69) is 0 Å². The summed E-state index contributed by atoms with van der Waals surface area (Å²) in [6.07, 6.45) is 3.86. The predicted octanol–water partition coefficient (Wildman–Crippen LogP) is 6.08. The molecule has 1 heterocycles. The average Bonchev–Trinajstić information content (AvgIpc) is 3.00. The molecule has 0 N–H and O–H groups in total. The number of rotatable bonds is 8. The molecular formula is C34H33FN2O4S. The molecule has 216 valence electrons. The Bertz CT molecular complexity index is 1640. The Labute approximate surface area is 246 Å². The molecule has 0 aliphatic carbocycles. The molecule has 0 fully saturated rings. The molecule has 0 radical (unpaired) electrons. The van der Waals surface area contributed by atoms with Crippen LogP contribution in [-0.4, -0.2) is 43.2 Å². The summed E-state index contributed by atoms with van der Waals surface area (Å²) in [4.78, 5) is 16.5. The maximum absolute atomic E-state index is 14.7. The van der Waals surface area contributed by atoms with E-state index in [-0.39, 0.29) is 36.1 Å². The Morgan fingerprint density at radius 2 is 1.52 bits per heavy atom. The molecule has 0 saturated carbocycles. The number of carbonyl (C=O) groups excluding carboxylic acids is 1. The second kappa shape index (κ2) is 12.7. The zero-order valence-corrected chi connectivity index (χ0v) is 24.4. The van der Waals surface area contributed by atoms with Crippen LogP contribution in [0.3, 0.4) is 0 Å². The molecule has 1 unspecified atom stereocenters. The van der Waals surface area contributed by atoms with Crippen molar-refractivity contribution in [2.24, 2.45) is 0 Å². The highest BCUT2D eigenvalue weighted by atomic mass is 32.2. The van der Waals surface area contributed by atoms with Crippen LogP contribution in [0.25, 0.3) is 0 Å². The lowest BCUT2D eigenvalue weighted by atomic mass is 9.98. The highest BCUT2D eigenvalue weighted by molar-refractivity contribution is 7.89. The number of methoxy groups -OCH3 is 1. The molecule has 0 saturated heterocycles. The zero-order chi connectivity index (χ0) is 29.7. The summed E-state index contributed by atoms with van der Waals surface area (Å²) in [5, 5.41) is 0. The summed E-state index contributed by atoms with van der Waals surface area (Å²) < 4.78 is 48.6. The van der Waals surface area contributed by atoms with Crippen LogP contribution in [-0.2, 0) is 27.8 Å². The van der Waals surface area contributed by atoms with Crippen molar-refractivity contribution < 1.29 is 22.3 Å². The molecule has 4 aromatic rings. The van der Waals surface area contributed by atoms with E-state index in [9.17, 15) is 17.6 Å². The van der Waals surface area contributed by atoms with E-state index < -0.39 is 22.1 Å². The van der Waals surface area contributed by atoms with Crippen molar-refractivity contribution in [1.82, 2.24) is 9.21 Å². The molecule has 6 nitrogen and oxygen atoms in total. The number of halogens is 1. The van der Waals surface area contributed by atoms with Gasteiger partial charge in [-0.1, -0.05) is 84.4 Å². The smallest absolute Gasteiger partial charge is 0.244 e. The van der Waals surface area contributed by atoms with Crippen molar-refractivity contribution in [2.75, 3.05) is 13.7 Å². The molecule has 0 bridgehead atoms. The fourth-order valence-corrected chi connectivity index (χ4v) is 6.70. The monoisotopic (exact) mass is 584 g/mol. The average molecular weight is 585 g/mol. The Morgan fingerprint density at radius 1 is 0.857 bits per heavy atom. The summed E-state index contributed by atoms with van der Waals surface area (Å²) >= 11 is 0. The molecule has 4 aromatic carbocycles. The van der Waals surface area contributed by atoms with E-state index in [0.717, 1.165) is 22.3 Å². The summed E-state index contributed by atoms with van der Waals surface area (Å²) in [5.41, 5.74) is 3.35. The third-order valence-corrected chi connectivity index (χ3v) is 9.37. The molecule has 8 heteroatoms. The van der Waals surface area contributed by atoms with E-state index >= 15 is 0 Å². The van der Waals surface area contributed by atoms with Gasteiger partial charge in [-0.15, -0.1) is 0 Å². The maximum atomic E-state index is 14.7. The van der Waals surface area contributed by atoms with Gasteiger partial charge in [-0.3, -0.25) is 4.79 Å². The van der Waals surface area contributed by atoms with E-state index in [4.69, 9.17) is 4.74 Å². The quantitative estimate of drug-likeness (QED) is 0.235. The maximum Gasteiger partial charge on any atom is 0.244 e. The van der Waals surface area contributed by atoms with Gasteiger partial charge in [-0.25, -0.2) is 12.8 Å². The molecule has 1 aliphatic heterocycles. The van der Waals surface area contributed by atoms with Gasteiger partial charge in [-0.05, 0) is 66.4 Å². The predicted molar refractivity (Wildman–Crippen MR) is 161 cm³/mol. The fourth-order valence-electron chi connectivity index (χ4n) is 5.17. The minimum Gasteiger partial charge on any atom is -0.497 e. The number of carbonyl (C=O) groups is 1. The Morgan fingerprint density at radius 3 is 2.17 bits per heavy atom. The van der Waals surface area contributed by atoms with Crippen LogP contribution < -0.4 is 4.74 Å². The minimum absolute atomic E-state index is 0.0243. The van der Waals surface area contributed by atoms with E-state index in [1.54, 1.807) is 48.4 Å². The third-order valence-electron chi connectivity index (χ3n) is 7.48. The minimum atomic E-state index is -4.05. The van der Waals surface area contributed by atoms with Crippen molar-refractivity contribution in [2.45, 2.75) is 36.9 Å². The molecule has 42 heavy (non-hydrogen) atoms. The zero-order valence-electron chi connectivity index (χ0n) is 23.6. The van der Waals surface area contributed by atoms with Crippen molar-refractivity contribution >= 4 is 15.9 Å². The first kappa shape index (κ1) is 29.2. The van der Waals surface area contributed by atoms with Gasteiger partial charge in [-0.2, -0.15) is 4.31 Å². The van der Waals surface area contributed by atoms with Gasteiger partial charge in [0.15, 0.2) is 0 Å². The number of ether oxygens (including phenoxy) is 1. The Balaban J connectivity index is 1.63. The molecular weight excluding hydrogens is 551 g/mol. The van der Waals surface area contributed by atoms with Crippen LogP contribution in [0.4, 0.5) is 4.39 Å².